The molecular weight excluding hydrogens is 270 g/mol. The molecular formula is C16H27NO4. The number of ether oxygens (including phenoxy) is 3. The molecule has 0 atom stereocenters. The molecule has 0 radical (unpaired) electrons. The second kappa shape index (κ2) is 10.4. The molecule has 0 bridgehead atoms. The SMILES string of the molecule is CCOc1cc(CN(CCCOC)CCOC)ccc1O. The van der Waals surface area contributed by atoms with Gasteiger partial charge in [-0.05, 0) is 31.0 Å². The third-order valence-corrected chi connectivity index (χ3v) is 3.16. The van der Waals surface area contributed by atoms with Gasteiger partial charge >= 0.3 is 0 Å². The minimum absolute atomic E-state index is 0.184. The Kier molecular flexibility index (Phi) is 8.82. The summed E-state index contributed by atoms with van der Waals surface area (Å²) >= 11 is 0. The average Bonchev–Trinajstić information content (AvgIpc) is 2.48. The Balaban J connectivity index is 2.65. The minimum atomic E-state index is 0.184. The van der Waals surface area contributed by atoms with Crippen LogP contribution in [0, 0.1) is 0 Å². The highest BCUT2D eigenvalue weighted by atomic mass is 16.5. The van der Waals surface area contributed by atoms with Crippen LogP contribution in [0.25, 0.3) is 0 Å². The van der Waals surface area contributed by atoms with Crippen LogP contribution in [0.2, 0.25) is 0 Å². The van der Waals surface area contributed by atoms with Gasteiger partial charge in [0, 0.05) is 40.5 Å². The predicted octanol–water partition coefficient (Wildman–Crippen LogP) is 2.28. The van der Waals surface area contributed by atoms with Crippen LogP contribution in [-0.2, 0) is 16.0 Å². The van der Waals surface area contributed by atoms with Crippen molar-refractivity contribution in [3.05, 3.63) is 23.8 Å². The molecule has 120 valence electrons. The lowest BCUT2D eigenvalue weighted by Crippen LogP contribution is -2.28. The molecule has 0 aliphatic rings. The number of hydrogen-bond donors (Lipinski definition) is 1. The van der Waals surface area contributed by atoms with E-state index < -0.39 is 0 Å². The van der Waals surface area contributed by atoms with E-state index in [0.29, 0.717) is 19.0 Å². The topological polar surface area (TPSA) is 51.2 Å². The molecule has 0 aromatic heterocycles. The molecule has 1 N–H and O–H groups in total. The monoisotopic (exact) mass is 297 g/mol. The van der Waals surface area contributed by atoms with Crippen LogP contribution in [0.1, 0.15) is 18.9 Å². The lowest BCUT2D eigenvalue weighted by atomic mass is 10.2. The molecule has 1 aromatic rings. The first-order valence-electron chi connectivity index (χ1n) is 7.36. The van der Waals surface area contributed by atoms with Gasteiger partial charge in [0.2, 0.25) is 0 Å². The van der Waals surface area contributed by atoms with Crippen LogP contribution in [0.3, 0.4) is 0 Å². The summed E-state index contributed by atoms with van der Waals surface area (Å²) in [7, 11) is 3.43. The quantitative estimate of drug-likeness (QED) is 0.635. The number of aromatic hydroxyl groups is 1. The van der Waals surface area contributed by atoms with E-state index in [0.717, 1.165) is 38.2 Å². The Bertz CT molecular complexity index is 398. The van der Waals surface area contributed by atoms with Crippen LogP contribution in [0.5, 0.6) is 11.5 Å². The van der Waals surface area contributed by atoms with Gasteiger partial charge in [-0.15, -0.1) is 0 Å². The normalized spacial score (nSPS) is 11.0. The fourth-order valence-corrected chi connectivity index (χ4v) is 2.11. The molecule has 0 saturated heterocycles. The van der Waals surface area contributed by atoms with Crippen molar-refractivity contribution in [2.24, 2.45) is 0 Å². The molecule has 0 aliphatic heterocycles. The summed E-state index contributed by atoms with van der Waals surface area (Å²) in [5.74, 6) is 0.724. The number of phenols is 1. The number of methoxy groups -OCH3 is 2. The van der Waals surface area contributed by atoms with Gasteiger partial charge in [0.15, 0.2) is 11.5 Å². The Morgan fingerprint density at radius 1 is 1.10 bits per heavy atom. The maximum atomic E-state index is 9.74. The molecule has 1 aromatic carbocycles. The Morgan fingerprint density at radius 2 is 1.86 bits per heavy atom. The van der Waals surface area contributed by atoms with Crippen molar-refractivity contribution in [2.45, 2.75) is 19.9 Å². The molecule has 0 aliphatic carbocycles. The van der Waals surface area contributed by atoms with E-state index in [1.165, 1.54) is 0 Å². The van der Waals surface area contributed by atoms with Crippen molar-refractivity contribution in [3.63, 3.8) is 0 Å². The van der Waals surface area contributed by atoms with Gasteiger partial charge < -0.3 is 19.3 Å². The van der Waals surface area contributed by atoms with E-state index in [4.69, 9.17) is 14.2 Å². The first-order valence-corrected chi connectivity index (χ1v) is 7.36. The number of phenolic OH excluding ortho intramolecular Hbond substituents is 1. The number of rotatable bonds is 11. The van der Waals surface area contributed by atoms with Crippen molar-refractivity contribution in [1.29, 1.82) is 0 Å². The van der Waals surface area contributed by atoms with Gasteiger partial charge in [0.1, 0.15) is 0 Å². The van der Waals surface area contributed by atoms with Gasteiger partial charge in [-0.25, -0.2) is 0 Å². The van der Waals surface area contributed by atoms with Gasteiger partial charge in [0.25, 0.3) is 0 Å². The van der Waals surface area contributed by atoms with Crippen molar-refractivity contribution >= 4 is 0 Å². The van der Waals surface area contributed by atoms with Crippen molar-refractivity contribution in [1.82, 2.24) is 4.90 Å². The summed E-state index contributed by atoms with van der Waals surface area (Å²) in [4.78, 5) is 2.31. The lowest BCUT2D eigenvalue weighted by molar-refractivity contribution is 0.129. The summed E-state index contributed by atoms with van der Waals surface area (Å²) in [6.45, 7) is 6.51. The van der Waals surface area contributed by atoms with Gasteiger partial charge in [-0.3, -0.25) is 4.90 Å². The lowest BCUT2D eigenvalue weighted by Gasteiger charge is -2.22. The van der Waals surface area contributed by atoms with Crippen LogP contribution in [-0.4, -0.2) is 57.1 Å². The fourth-order valence-electron chi connectivity index (χ4n) is 2.11. The summed E-state index contributed by atoms with van der Waals surface area (Å²) in [6, 6.07) is 5.51. The first-order chi connectivity index (χ1) is 10.2. The van der Waals surface area contributed by atoms with E-state index in [-0.39, 0.29) is 5.75 Å². The largest absolute Gasteiger partial charge is 0.504 e. The zero-order chi connectivity index (χ0) is 15.5. The standard InChI is InChI=1S/C16H27NO4/c1-4-21-16-12-14(6-7-15(16)18)13-17(9-11-20-3)8-5-10-19-2/h6-7,12,18H,4-5,8-11,13H2,1-3H3. The van der Waals surface area contributed by atoms with E-state index in [9.17, 15) is 5.11 Å². The van der Waals surface area contributed by atoms with E-state index in [1.807, 2.05) is 19.1 Å². The summed E-state index contributed by atoms with van der Waals surface area (Å²) in [6.07, 6.45) is 0.983. The van der Waals surface area contributed by atoms with Crippen LogP contribution < -0.4 is 4.74 Å². The summed E-state index contributed by atoms with van der Waals surface area (Å²) in [5.41, 5.74) is 1.12. The highest BCUT2D eigenvalue weighted by Crippen LogP contribution is 2.27. The Morgan fingerprint density at radius 3 is 2.52 bits per heavy atom. The Labute approximate surface area is 127 Å². The maximum Gasteiger partial charge on any atom is 0.161 e. The van der Waals surface area contributed by atoms with Crippen LogP contribution in [0.4, 0.5) is 0 Å². The summed E-state index contributed by atoms with van der Waals surface area (Å²) in [5, 5.41) is 9.74. The second-order valence-electron chi connectivity index (χ2n) is 4.85. The number of benzene rings is 1. The maximum absolute atomic E-state index is 9.74. The molecule has 0 spiro atoms. The van der Waals surface area contributed by atoms with Crippen molar-refractivity contribution in [2.75, 3.05) is 47.1 Å². The smallest absolute Gasteiger partial charge is 0.161 e. The number of nitrogens with zero attached hydrogens (tertiary/aromatic N) is 1. The molecule has 0 saturated carbocycles. The predicted molar refractivity (Wildman–Crippen MR) is 82.9 cm³/mol. The van der Waals surface area contributed by atoms with Crippen LogP contribution in [0.15, 0.2) is 18.2 Å². The van der Waals surface area contributed by atoms with Crippen molar-refractivity contribution < 1.29 is 19.3 Å². The molecule has 0 heterocycles. The zero-order valence-electron chi connectivity index (χ0n) is 13.3. The van der Waals surface area contributed by atoms with Gasteiger partial charge in [-0.2, -0.15) is 0 Å². The highest BCUT2D eigenvalue weighted by Gasteiger charge is 2.09. The Hall–Kier alpha value is -1.30. The summed E-state index contributed by atoms with van der Waals surface area (Å²) < 4.78 is 15.7. The van der Waals surface area contributed by atoms with Gasteiger partial charge in [0.05, 0.1) is 13.2 Å². The average molecular weight is 297 g/mol. The highest BCUT2D eigenvalue weighted by molar-refractivity contribution is 5.41. The third kappa shape index (κ3) is 6.80. The van der Waals surface area contributed by atoms with Crippen LogP contribution >= 0.6 is 0 Å². The molecule has 0 fully saturated rings. The molecule has 0 amide bonds. The molecule has 5 nitrogen and oxygen atoms in total. The fraction of sp³-hybridized carbons (Fsp3) is 0.625. The number of hydrogen-bond acceptors (Lipinski definition) is 5. The first kappa shape index (κ1) is 17.8. The van der Waals surface area contributed by atoms with E-state index in [1.54, 1.807) is 20.3 Å². The van der Waals surface area contributed by atoms with E-state index >= 15 is 0 Å². The molecule has 5 heteroatoms. The van der Waals surface area contributed by atoms with Crippen molar-refractivity contribution in [3.8, 4) is 11.5 Å². The molecule has 21 heavy (non-hydrogen) atoms. The van der Waals surface area contributed by atoms with E-state index in [2.05, 4.69) is 4.90 Å². The molecule has 1 rings (SSSR count). The minimum Gasteiger partial charge on any atom is -0.504 e. The second-order valence-corrected chi connectivity index (χ2v) is 4.85. The van der Waals surface area contributed by atoms with Gasteiger partial charge in [-0.1, -0.05) is 6.07 Å². The molecule has 0 unspecified atom stereocenters. The third-order valence-electron chi connectivity index (χ3n) is 3.16. The zero-order valence-corrected chi connectivity index (χ0v) is 13.3.